The van der Waals surface area contributed by atoms with Crippen LogP contribution in [0.5, 0.6) is 11.5 Å². The predicted molar refractivity (Wildman–Crippen MR) is 287 cm³/mol. The molecule has 0 aromatic heterocycles. The zero-order valence-corrected chi connectivity index (χ0v) is 40.1. The molecule has 0 saturated carbocycles. The highest BCUT2D eigenvalue weighted by Crippen LogP contribution is 2.57. The van der Waals surface area contributed by atoms with Crippen LogP contribution in [0, 0.1) is 0 Å². The zero-order chi connectivity index (χ0) is 48.3. The van der Waals surface area contributed by atoms with E-state index in [4.69, 9.17) is 18.9 Å². The minimum Gasteiger partial charge on any atom is -0.493 e. The molecule has 10 aromatic rings. The molecule has 10 aromatic carbocycles. The number of rotatable bonds is 16. The van der Waals surface area contributed by atoms with Crippen molar-refractivity contribution in [3.8, 4) is 44.9 Å². The fourth-order valence-electron chi connectivity index (χ4n) is 10.9. The van der Waals surface area contributed by atoms with Crippen molar-refractivity contribution in [2.75, 3.05) is 26.4 Å². The second kappa shape index (κ2) is 19.6. The Kier molecular flexibility index (Phi) is 12.5. The van der Waals surface area contributed by atoms with Crippen molar-refractivity contribution < 1.29 is 28.5 Å². The van der Waals surface area contributed by atoms with Crippen molar-refractivity contribution >= 4 is 55.0 Å². The predicted octanol–water partition coefficient (Wildman–Crippen LogP) is 15.4. The molecule has 1 aliphatic carbocycles. The minimum absolute atomic E-state index is 0.212. The third kappa shape index (κ3) is 8.44. The third-order valence-corrected chi connectivity index (χ3v) is 14.0. The Morgan fingerprint density at radius 1 is 0.408 bits per heavy atom. The summed E-state index contributed by atoms with van der Waals surface area (Å²) in [6.07, 6.45) is 1.70. The molecule has 0 bridgehead atoms. The first-order chi connectivity index (χ1) is 34.9. The molecule has 71 heavy (non-hydrogen) atoms. The summed E-state index contributed by atoms with van der Waals surface area (Å²) in [6.45, 7) is 5.15. The number of hydrogen-bond donors (Lipinski definition) is 0. The molecule has 0 fully saturated rings. The lowest BCUT2D eigenvalue weighted by atomic mass is 9.67. The lowest BCUT2D eigenvalue weighted by Gasteiger charge is -2.34. The van der Waals surface area contributed by atoms with E-state index in [0.29, 0.717) is 52.1 Å². The Morgan fingerprint density at radius 2 is 0.817 bits per heavy atom. The van der Waals surface area contributed by atoms with E-state index in [0.717, 1.165) is 77.2 Å². The standard InChI is InChI=1S/C65H54O6/c1-3-68-61(66)23-13-37-70-59-35-29-47-41-51(31-33-53(47)63(59)49-27-25-43-15-5-7-17-45(43)39-49)65(57-21-11-9-19-55(57)56-20-10-12-22-58(56)65)52-32-34-54-48(42-52)30-36-60(71-38-14-24-62(67)69-4-2)64(54)50-28-26-44-16-6-8-18-46(44)40-50/h5-12,15-22,25-36,39-42H,3-4,13-14,23-24,37-38H2,1-2H3. The van der Waals surface area contributed by atoms with Crippen LogP contribution in [0.3, 0.4) is 0 Å². The molecule has 6 heteroatoms. The molecule has 0 N–H and O–H groups in total. The summed E-state index contributed by atoms with van der Waals surface area (Å²) in [5, 5.41) is 8.99. The van der Waals surface area contributed by atoms with E-state index in [1.54, 1.807) is 0 Å². The first-order valence-corrected chi connectivity index (χ1v) is 24.8. The van der Waals surface area contributed by atoms with Gasteiger partial charge in [-0.1, -0.05) is 158 Å². The Labute approximate surface area is 414 Å². The van der Waals surface area contributed by atoms with Crippen molar-refractivity contribution in [2.24, 2.45) is 0 Å². The SMILES string of the molecule is CCOC(=O)CCCOc1ccc2cc(C3(c4ccc5c(-c6ccc7ccccc7c6)c(OCCCC(=O)OCC)ccc5c4)c4ccccc4-c4ccccc43)ccc2c1-c1ccc2ccccc2c1. The van der Waals surface area contributed by atoms with Gasteiger partial charge in [-0.2, -0.15) is 0 Å². The normalized spacial score (nSPS) is 12.5. The molecule has 0 heterocycles. The molecule has 0 unspecified atom stereocenters. The van der Waals surface area contributed by atoms with Crippen LogP contribution in [0.4, 0.5) is 0 Å². The highest BCUT2D eigenvalue weighted by atomic mass is 16.5. The van der Waals surface area contributed by atoms with Crippen LogP contribution in [0.2, 0.25) is 0 Å². The van der Waals surface area contributed by atoms with Crippen molar-refractivity contribution in [1.29, 1.82) is 0 Å². The molecule has 0 aliphatic heterocycles. The molecule has 0 saturated heterocycles. The maximum Gasteiger partial charge on any atom is 0.305 e. The molecule has 1 aliphatic rings. The van der Waals surface area contributed by atoms with E-state index in [9.17, 15) is 9.59 Å². The zero-order valence-electron chi connectivity index (χ0n) is 40.1. The van der Waals surface area contributed by atoms with Gasteiger partial charge in [0.1, 0.15) is 11.5 Å². The summed E-state index contributed by atoms with van der Waals surface area (Å²) < 4.78 is 23.6. The second-order valence-corrected chi connectivity index (χ2v) is 18.2. The van der Waals surface area contributed by atoms with Crippen LogP contribution in [0.25, 0.3) is 76.5 Å². The van der Waals surface area contributed by atoms with Crippen molar-refractivity contribution in [3.63, 3.8) is 0 Å². The van der Waals surface area contributed by atoms with Crippen LogP contribution < -0.4 is 9.47 Å². The van der Waals surface area contributed by atoms with Gasteiger partial charge >= 0.3 is 11.9 Å². The van der Waals surface area contributed by atoms with Gasteiger partial charge in [-0.25, -0.2) is 0 Å². The number of carbonyl (C=O) groups excluding carboxylic acids is 2. The lowest BCUT2D eigenvalue weighted by molar-refractivity contribution is -0.144. The maximum atomic E-state index is 12.2. The van der Waals surface area contributed by atoms with Crippen LogP contribution in [0.15, 0.2) is 194 Å². The van der Waals surface area contributed by atoms with Gasteiger partial charge in [-0.3, -0.25) is 9.59 Å². The summed E-state index contributed by atoms with van der Waals surface area (Å²) in [5.41, 5.74) is 10.7. The summed E-state index contributed by atoms with van der Waals surface area (Å²) in [5.74, 6) is 1.12. The highest BCUT2D eigenvalue weighted by Gasteiger charge is 2.46. The summed E-state index contributed by atoms with van der Waals surface area (Å²) >= 11 is 0. The molecule has 0 radical (unpaired) electrons. The Morgan fingerprint density at radius 3 is 1.27 bits per heavy atom. The van der Waals surface area contributed by atoms with Crippen molar-refractivity contribution in [2.45, 2.75) is 44.9 Å². The van der Waals surface area contributed by atoms with Crippen LogP contribution in [-0.4, -0.2) is 38.4 Å². The molecule has 6 nitrogen and oxygen atoms in total. The van der Waals surface area contributed by atoms with Gasteiger partial charge in [-0.15, -0.1) is 0 Å². The summed E-state index contributed by atoms with van der Waals surface area (Å²) in [4.78, 5) is 24.5. The molecule has 0 spiro atoms. The Hall–Kier alpha value is -8.22. The monoisotopic (exact) mass is 930 g/mol. The van der Waals surface area contributed by atoms with E-state index in [-0.39, 0.29) is 11.9 Å². The molecule has 11 rings (SSSR count). The van der Waals surface area contributed by atoms with E-state index < -0.39 is 5.41 Å². The average Bonchev–Trinajstić information content (AvgIpc) is 3.71. The smallest absolute Gasteiger partial charge is 0.305 e. The third-order valence-electron chi connectivity index (χ3n) is 14.0. The van der Waals surface area contributed by atoms with Crippen molar-refractivity contribution in [3.05, 3.63) is 216 Å². The Bertz CT molecular complexity index is 3400. The maximum absolute atomic E-state index is 12.2. The van der Waals surface area contributed by atoms with Gasteiger partial charge in [-0.05, 0) is 151 Å². The van der Waals surface area contributed by atoms with Gasteiger partial charge in [0.15, 0.2) is 0 Å². The first kappa shape index (κ1) is 45.2. The van der Waals surface area contributed by atoms with E-state index in [2.05, 4.69) is 194 Å². The molecule has 0 amide bonds. The van der Waals surface area contributed by atoms with E-state index in [1.165, 1.54) is 33.0 Å². The van der Waals surface area contributed by atoms with Gasteiger partial charge in [0.05, 0.1) is 31.8 Å². The van der Waals surface area contributed by atoms with Crippen LogP contribution >= 0.6 is 0 Å². The first-order valence-electron chi connectivity index (χ1n) is 24.8. The molecular weight excluding hydrogens is 877 g/mol. The lowest BCUT2D eigenvalue weighted by Crippen LogP contribution is -2.28. The minimum atomic E-state index is -0.674. The topological polar surface area (TPSA) is 71.1 Å². The highest BCUT2D eigenvalue weighted by molar-refractivity contribution is 6.05. The van der Waals surface area contributed by atoms with Gasteiger partial charge in [0.25, 0.3) is 0 Å². The number of benzene rings is 10. The van der Waals surface area contributed by atoms with Crippen LogP contribution in [-0.2, 0) is 24.5 Å². The number of ether oxygens (including phenoxy) is 4. The van der Waals surface area contributed by atoms with E-state index >= 15 is 0 Å². The average molecular weight is 931 g/mol. The van der Waals surface area contributed by atoms with E-state index in [1.807, 2.05) is 13.8 Å². The summed E-state index contributed by atoms with van der Waals surface area (Å²) in [7, 11) is 0. The quantitative estimate of drug-likeness (QED) is 0.0710. The number of fused-ring (bicyclic) bond motifs is 7. The number of esters is 2. The fraction of sp³-hybridized carbons (Fsp3) is 0.169. The van der Waals surface area contributed by atoms with Gasteiger partial charge in [0, 0.05) is 24.0 Å². The summed E-state index contributed by atoms with van der Waals surface area (Å²) in [6, 6.07) is 70.2. The number of hydrogen-bond acceptors (Lipinski definition) is 6. The number of carbonyl (C=O) groups is 2. The fourth-order valence-corrected chi connectivity index (χ4v) is 10.9. The van der Waals surface area contributed by atoms with Crippen molar-refractivity contribution in [1.82, 2.24) is 0 Å². The molecule has 350 valence electrons. The Balaban J connectivity index is 1.07. The second-order valence-electron chi connectivity index (χ2n) is 18.2. The molecule has 0 atom stereocenters. The van der Waals surface area contributed by atoms with Gasteiger partial charge in [0.2, 0.25) is 0 Å². The van der Waals surface area contributed by atoms with Gasteiger partial charge < -0.3 is 18.9 Å². The van der Waals surface area contributed by atoms with Crippen LogP contribution in [0.1, 0.15) is 61.8 Å². The molecular formula is C65H54O6. The largest absolute Gasteiger partial charge is 0.493 e.